The van der Waals surface area contributed by atoms with E-state index in [9.17, 15) is 4.79 Å². The molecule has 1 amide bonds. The van der Waals surface area contributed by atoms with Crippen molar-refractivity contribution in [2.24, 2.45) is 11.0 Å². The predicted molar refractivity (Wildman–Crippen MR) is 133 cm³/mol. The van der Waals surface area contributed by atoms with Crippen molar-refractivity contribution in [3.8, 4) is 5.75 Å². The van der Waals surface area contributed by atoms with Crippen LogP contribution >= 0.6 is 0 Å². The van der Waals surface area contributed by atoms with Crippen LogP contribution in [0.2, 0.25) is 0 Å². The molecule has 0 radical (unpaired) electrons. The van der Waals surface area contributed by atoms with Crippen LogP contribution in [0.1, 0.15) is 30.0 Å². The molecule has 1 fully saturated rings. The standard InChI is InChI=1S/C29H26N2O2/c1-2-33-27-18-17-21-11-9-10-16-24(21)25(27)20-30-31-28(32)26-19-29(26,22-12-5-3-6-13-22)23-14-7-4-8-15-23/h3-18,20,26H,2,19H2,1H3,(H,31,32)/b30-20+. The number of benzene rings is 4. The summed E-state index contributed by atoms with van der Waals surface area (Å²) in [5.74, 6) is 0.513. The minimum Gasteiger partial charge on any atom is -0.493 e. The molecule has 1 N–H and O–H groups in total. The summed E-state index contributed by atoms with van der Waals surface area (Å²) in [6.07, 6.45) is 2.46. The highest BCUT2D eigenvalue weighted by molar-refractivity contribution is 6.02. The van der Waals surface area contributed by atoms with E-state index in [1.54, 1.807) is 6.21 Å². The van der Waals surface area contributed by atoms with Crippen molar-refractivity contribution in [2.75, 3.05) is 6.61 Å². The highest BCUT2D eigenvalue weighted by Crippen LogP contribution is 2.58. The lowest BCUT2D eigenvalue weighted by Crippen LogP contribution is -2.25. The third kappa shape index (κ3) is 3.89. The van der Waals surface area contributed by atoms with E-state index in [-0.39, 0.29) is 17.2 Å². The second kappa shape index (κ2) is 8.91. The Labute approximate surface area is 193 Å². The summed E-state index contributed by atoms with van der Waals surface area (Å²) < 4.78 is 5.81. The monoisotopic (exact) mass is 434 g/mol. The van der Waals surface area contributed by atoms with Crippen molar-refractivity contribution in [1.82, 2.24) is 5.43 Å². The van der Waals surface area contributed by atoms with Crippen LogP contribution in [0, 0.1) is 5.92 Å². The van der Waals surface area contributed by atoms with Gasteiger partial charge in [-0.1, -0.05) is 91.0 Å². The maximum absolute atomic E-state index is 13.2. The van der Waals surface area contributed by atoms with E-state index in [0.29, 0.717) is 6.61 Å². The zero-order chi connectivity index (χ0) is 22.7. The first kappa shape index (κ1) is 21.0. The number of carbonyl (C=O) groups excluding carboxylic acids is 1. The normalized spacial score (nSPS) is 16.6. The van der Waals surface area contributed by atoms with E-state index in [1.807, 2.05) is 73.7 Å². The van der Waals surface area contributed by atoms with Gasteiger partial charge in [0.05, 0.1) is 18.7 Å². The van der Waals surface area contributed by atoms with Gasteiger partial charge in [-0.05, 0) is 41.3 Å². The molecule has 4 heteroatoms. The van der Waals surface area contributed by atoms with Crippen molar-refractivity contribution in [3.63, 3.8) is 0 Å². The largest absolute Gasteiger partial charge is 0.493 e. The summed E-state index contributed by atoms with van der Waals surface area (Å²) >= 11 is 0. The van der Waals surface area contributed by atoms with E-state index in [1.165, 1.54) is 0 Å². The van der Waals surface area contributed by atoms with Gasteiger partial charge in [0, 0.05) is 11.0 Å². The third-order valence-corrected chi connectivity index (χ3v) is 6.45. The van der Waals surface area contributed by atoms with Gasteiger partial charge >= 0.3 is 0 Å². The first-order valence-corrected chi connectivity index (χ1v) is 11.3. The minimum atomic E-state index is -0.307. The summed E-state index contributed by atoms with van der Waals surface area (Å²) in [6.45, 7) is 2.52. The van der Waals surface area contributed by atoms with Crippen LogP contribution < -0.4 is 10.2 Å². The Hall–Kier alpha value is -3.92. The van der Waals surface area contributed by atoms with Crippen LogP contribution in [-0.2, 0) is 10.2 Å². The molecular formula is C29H26N2O2. The van der Waals surface area contributed by atoms with Crippen LogP contribution in [0.4, 0.5) is 0 Å². The summed E-state index contributed by atoms with van der Waals surface area (Å²) in [4.78, 5) is 13.2. The Balaban J connectivity index is 1.41. The van der Waals surface area contributed by atoms with Crippen molar-refractivity contribution in [2.45, 2.75) is 18.8 Å². The number of hydrogen-bond donors (Lipinski definition) is 1. The molecule has 164 valence electrons. The Bertz CT molecular complexity index is 1260. The van der Waals surface area contributed by atoms with E-state index in [0.717, 1.165) is 39.6 Å². The van der Waals surface area contributed by atoms with Gasteiger partial charge in [0.25, 0.3) is 0 Å². The average molecular weight is 435 g/mol. The summed E-state index contributed by atoms with van der Waals surface area (Å²) in [6, 6.07) is 32.6. The van der Waals surface area contributed by atoms with Crippen molar-refractivity contribution in [3.05, 3.63) is 114 Å². The Kier molecular flexibility index (Phi) is 5.66. The first-order valence-electron chi connectivity index (χ1n) is 11.3. The number of nitrogens with zero attached hydrogens (tertiary/aromatic N) is 1. The molecule has 0 aromatic heterocycles. The molecule has 4 aromatic rings. The Morgan fingerprint density at radius 1 is 0.939 bits per heavy atom. The van der Waals surface area contributed by atoms with Crippen molar-refractivity contribution >= 4 is 22.9 Å². The van der Waals surface area contributed by atoms with Crippen LogP contribution in [0.5, 0.6) is 5.75 Å². The van der Waals surface area contributed by atoms with E-state index < -0.39 is 0 Å². The lowest BCUT2D eigenvalue weighted by Gasteiger charge is -2.18. The van der Waals surface area contributed by atoms with Gasteiger partial charge in [0.2, 0.25) is 5.91 Å². The maximum Gasteiger partial charge on any atom is 0.244 e. The molecule has 0 aliphatic heterocycles. The molecule has 1 unspecified atom stereocenters. The smallest absolute Gasteiger partial charge is 0.244 e. The average Bonchev–Trinajstić information content (AvgIpc) is 3.63. The number of carbonyl (C=O) groups is 1. The summed E-state index contributed by atoms with van der Waals surface area (Å²) in [5, 5.41) is 6.48. The Morgan fingerprint density at radius 2 is 1.58 bits per heavy atom. The van der Waals surface area contributed by atoms with Gasteiger partial charge in [-0.25, -0.2) is 5.43 Å². The van der Waals surface area contributed by atoms with Gasteiger partial charge in [-0.3, -0.25) is 4.79 Å². The SMILES string of the molecule is CCOc1ccc2ccccc2c1/C=N/NC(=O)C1CC1(c1ccccc1)c1ccccc1. The van der Waals surface area contributed by atoms with Crippen LogP contribution in [0.3, 0.4) is 0 Å². The van der Waals surface area contributed by atoms with E-state index in [4.69, 9.17) is 4.74 Å². The summed E-state index contributed by atoms with van der Waals surface area (Å²) in [7, 11) is 0. The van der Waals surface area contributed by atoms with Crippen LogP contribution in [0.25, 0.3) is 10.8 Å². The van der Waals surface area contributed by atoms with Crippen LogP contribution in [-0.4, -0.2) is 18.7 Å². The Morgan fingerprint density at radius 3 is 2.24 bits per heavy atom. The minimum absolute atomic E-state index is 0.0721. The molecule has 0 spiro atoms. The molecule has 1 aliphatic rings. The van der Waals surface area contributed by atoms with Gasteiger partial charge in [-0.2, -0.15) is 5.10 Å². The third-order valence-electron chi connectivity index (χ3n) is 6.45. The summed E-state index contributed by atoms with van der Waals surface area (Å²) in [5.41, 5.74) is 5.67. The molecule has 4 aromatic carbocycles. The van der Waals surface area contributed by atoms with Crippen LogP contribution in [0.15, 0.2) is 102 Å². The second-order valence-electron chi connectivity index (χ2n) is 8.33. The van der Waals surface area contributed by atoms with E-state index in [2.05, 4.69) is 40.9 Å². The van der Waals surface area contributed by atoms with E-state index >= 15 is 0 Å². The van der Waals surface area contributed by atoms with Crippen molar-refractivity contribution in [1.29, 1.82) is 0 Å². The topological polar surface area (TPSA) is 50.7 Å². The molecule has 5 rings (SSSR count). The molecule has 33 heavy (non-hydrogen) atoms. The molecular weight excluding hydrogens is 408 g/mol. The van der Waals surface area contributed by atoms with Gasteiger partial charge in [-0.15, -0.1) is 0 Å². The van der Waals surface area contributed by atoms with Crippen molar-refractivity contribution < 1.29 is 9.53 Å². The zero-order valence-corrected chi connectivity index (χ0v) is 18.6. The lowest BCUT2D eigenvalue weighted by atomic mass is 9.85. The quantitative estimate of drug-likeness (QED) is 0.300. The molecule has 1 saturated carbocycles. The molecule has 0 bridgehead atoms. The fraction of sp³-hybridized carbons (Fsp3) is 0.172. The number of nitrogens with one attached hydrogen (secondary N) is 1. The molecule has 1 aliphatic carbocycles. The molecule has 0 heterocycles. The number of fused-ring (bicyclic) bond motifs is 1. The van der Waals surface area contributed by atoms with Gasteiger partial charge in [0.1, 0.15) is 5.75 Å². The highest BCUT2D eigenvalue weighted by atomic mass is 16.5. The second-order valence-corrected chi connectivity index (χ2v) is 8.33. The predicted octanol–water partition coefficient (Wildman–Crippen LogP) is 5.69. The number of amides is 1. The number of hydrogen-bond acceptors (Lipinski definition) is 3. The van der Waals surface area contributed by atoms with Gasteiger partial charge < -0.3 is 4.74 Å². The zero-order valence-electron chi connectivity index (χ0n) is 18.6. The lowest BCUT2D eigenvalue weighted by molar-refractivity contribution is -0.122. The fourth-order valence-electron chi connectivity index (χ4n) is 4.78. The molecule has 1 atom stereocenters. The highest BCUT2D eigenvalue weighted by Gasteiger charge is 2.60. The number of rotatable bonds is 7. The molecule has 4 nitrogen and oxygen atoms in total. The van der Waals surface area contributed by atoms with Gasteiger partial charge in [0.15, 0.2) is 0 Å². The first-order chi connectivity index (χ1) is 16.2. The number of ether oxygens (including phenoxy) is 1. The maximum atomic E-state index is 13.2. The number of hydrazone groups is 1. The molecule has 0 saturated heterocycles. The fourth-order valence-corrected chi connectivity index (χ4v) is 4.78.